The number of H-pyrrole nitrogens is 2. The van der Waals surface area contributed by atoms with Crippen LogP contribution in [0.15, 0.2) is 54.9 Å². The molecule has 0 unspecified atom stereocenters. The number of hydrogen-bond donors (Lipinski definition) is 3. The lowest BCUT2D eigenvalue weighted by Crippen LogP contribution is -2.12. The maximum absolute atomic E-state index is 12.2. The number of anilines is 1. The first kappa shape index (κ1) is 14.7. The predicted molar refractivity (Wildman–Crippen MR) is 92.8 cm³/mol. The van der Waals surface area contributed by atoms with Gasteiger partial charge in [0.2, 0.25) is 0 Å². The molecule has 3 N–H and O–H groups in total. The standard InChI is InChI=1S/C18H12N6O/c19-9-11-7-16(21-10-11)18(25)22-12-4-5-13-15(8-12)24-17(23-13)14-3-1-2-6-20-14/h1-8,10,21H,(H,22,25)(H,23,24). The summed E-state index contributed by atoms with van der Waals surface area (Å²) in [4.78, 5) is 27.0. The van der Waals surface area contributed by atoms with Crippen LogP contribution in [0.1, 0.15) is 16.1 Å². The maximum atomic E-state index is 12.2. The van der Waals surface area contributed by atoms with Gasteiger partial charge < -0.3 is 15.3 Å². The monoisotopic (exact) mass is 328 g/mol. The third kappa shape index (κ3) is 2.84. The van der Waals surface area contributed by atoms with Crippen molar-refractivity contribution in [2.45, 2.75) is 0 Å². The molecular formula is C18H12N6O. The zero-order valence-corrected chi connectivity index (χ0v) is 12.9. The van der Waals surface area contributed by atoms with Crippen LogP contribution in [0.4, 0.5) is 5.69 Å². The maximum Gasteiger partial charge on any atom is 0.272 e. The Balaban J connectivity index is 1.61. The summed E-state index contributed by atoms with van der Waals surface area (Å²) in [5.74, 6) is 0.354. The first-order chi connectivity index (χ1) is 12.2. The number of fused-ring (bicyclic) bond motifs is 1. The van der Waals surface area contributed by atoms with Gasteiger partial charge in [-0.15, -0.1) is 0 Å². The van der Waals surface area contributed by atoms with E-state index < -0.39 is 0 Å². The van der Waals surface area contributed by atoms with Gasteiger partial charge in [-0.3, -0.25) is 9.78 Å². The summed E-state index contributed by atoms with van der Waals surface area (Å²) in [5.41, 5.74) is 3.69. The average molecular weight is 328 g/mol. The first-order valence-corrected chi connectivity index (χ1v) is 7.54. The number of nitriles is 1. The van der Waals surface area contributed by atoms with Crippen molar-refractivity contribution >= 4 is 22.6 Å². The van der Waals surface area contributed by atoms with E-state index in [1.54, 1.807) is 18.3 Å². The molecule has 0 bridgehead atoms. The third-order valence-electron chi connectivity index (χ3n) is 3.70. The number of rotatable bonds is 3. The van der Waals surface area contributed by atoms with E-state index in [9.17, 15) is 4.79 Å². The summed E-state index contributed by atoms with van der Waals surface area (Å²) in [7, 11) is 0. The van der Waals surface area contributed by atoms with Crippen LogP contribution in [-0.2, 0) is 0 Å². The molecule has 25 heavy (non-hydrogen) atoms. The Kier molecular flexibility index (Phi) is 3.48. The molecule has 1 amide bonds. The lowest BCUT2D eigenvalue weighted by atomic mass is 10.2. The van der Waals surface area contributed by atoms with Crippen molar-refractivity contribution in [1.29, 1.82) is 5.26 Å². The van der Waals surface area contributed by atoms with E-state index >= 15 is 0 Å². The second kappa shape index (κ2) is 5.94. The average Bonchev–Trinajstić information content (AvgIpc) is 3.29. The van der Waals surface area contributed by atoms with Gasteiger partial charge in [0.25, 0.3) is 5.91 Å². The van der Waals surface area contributed by atoms with Gasteiger partial charge >= 0.3 is 0 Å². The summed E-state index contributed by atoms with van der Waals surface area (Å²) in [5, 5.41) is 11.6. The quantitative estimate of drug-likeness (QED) is 0.536. The minimum atomic E-state index is -0.315. The zero-order chi connectivity index (χ0) is 17.2. The molecule has 120 valence electrons. The number of amides is 1. The molecule has 0 aliphatic carbocycles. The molecule has 7 nitrogen and oxygen atoms in total. The lowest BCUT2D eigenvalue weighted by molar-refractivity contribution is 0.102. The molecule has 7 heteroatoms. The van der Waals surface area contributed by atoms with Crippen molar-refractivity contribution in [1.82, 2.24) is 19.9 Å². The summed E-state index contributed by atoms with van der Waals surface area (Å²) in [6.07, 6.45) is 3.20. The lowest BCUT2D eigenvalue weighted by Gasteiger charge is -2.03. The normalized spacial score (nSPS) is 10.5. The van der Waals surface area contributed by atoms with E-state index in [2.05, 4.69) is 25.3 Å². The summed E-state index contributed by atoms with van der Waals surface area (Å²) >= 11 is 0. The molecule has 0 saturated carbocycles. The van der Waals surface area contributed by atoms with Crippen LogP contribution in [0.5, 0.6) is 0 Å². The second-order valence-corrected chi connectivity index (χ2v) is 5.40. The number of aromatic nitrogens is 4. The Labute approximate surface area is 142 Å². The molecule has 4 aromatic rings. The Morgan fingerprint density at radius 3 is 2.88 bits per heavy atom. The molecule has 0 aliphatic heterocycles. The number of hydrogen-bond acceptors (Lipinski definition) is 4. The van der Waals surface area contributed by atoms with Crippen molar-refractivity contribution in [3.8, 4) is 17.6 Å². The fourth-order valence-corrected chi connectivity index (χ4v) is 2.50. The fourth-order valence-electron chi connectivity index (χ4n) is 2.50. The molecule has 0 spiro atoms. The van der Waals surface area contributed by atoms with E-state index in [1.165, 1.54) is 12.3 Å². The van der Waals surface area contributed by atoms with Crippen LogP contribution in [0, 0.1) is 11.3 Å². The van der Waals surface area contributed by atoms with Crippen LogP contribution >= 0.6 is 0 Å². The van der Waals surface area contributed by atoms with Crippen molar-refractivity contribution in [2.75, 3.05) is 5.32 Å². The molecule has 3 heterocycles. The topological polar surface area (TPSA) is 110 Å². The highest BCUT2D eigenvalue weighted by Gasteiger charge is 2.11. The van der Waals surface area contributed by atoms with E-state index in [0.29, 0.717) is 22.8 Å². The van der Waals surface area contributed by atoms with Crippen molar-refractivity contribution in [3.63, 3.8) is 0 Å². The van der Waals surface area contributed by atoms with E-state index in [0.717, 1.165) is 16.7 Å². The fraction of sp³-hybridized carbons (Fsp3) is 0. The van der Waals surface area contributed by atoms with Crippen LogP contribution < -0.4 is 5.32 Å². The summed E-state index contributed by atoms with van der Waals surface area (Å²) in [6.45, 7) is 0. The highest BCUT2D eigenvalue weighted by Crippen LogP contribution is 2.22. The number of carbonyl (C=O) groups is 1. The molecule has 3 aromatic heterocycles. The Hall–Kier alpha value is -3.92. The van der Waals surface area contributed by atoms with Crippen molar-refractivity contribution in [3.05, 3.63) is 66.1 Å². The number of nitrogens with zero attached hydrogens (tertiary/aromatic N) is 3. The van der Waals surface area contributed by atoms with Gasteiger partial charge in [0.05, 0.1) is 16.6 Å². The van der Waals surface area contributed by atoms with Gasteiger partial charge in [-0.1, -0.05) is 6.07 Å². The molecule has 0 radical (unpaired) electrons. The molecular weight excluding hydrogens is 316 g/mol. The highest BCUT2D eigenvalue weighted by atomic mass is 16.1. The van der Waals surface area contributed by atoms with Crippen LogP contribution in [0.3, 0.4) is 0 Å². The van der Waals surface area contributed by atoms with Gasteiger partial charge in [0.1, 0.15) is 17.5 Å². The predicted octanol–water partition coefficient (Wildman–Crippen LogP) is 3.08. The smallest absolute Gasteiger partial charge is 0.272 e. The minimum absolute atomic E-state index is 0.315. The van der Waals surface area contributed by atoms with Gasteiger partial charge in [-0.25, -0.2) is 4.98 Å². The molecule has 4 rings (SSSR count). The van der Waals surface area contributed by atoms with Gasteiger partial charge in [0, 0.05) is 18.1 Å². The number of pyridine rings is 1. The van der Waals surface area contributed by atoms with Gasteiger partial charge in [-0.05, 0) is 36.4 Å². The number of benzene rings is 1. The van der Waals surface area contributed by atoms with Crippen LogP contribution in [-0.4, -0.2) is 25.8 Å². The summed E-state index contributed by atoms with van der Waals surface area (Å²) < 4.78 is 0. The molecule has 0 saturated heterocycles. The van der Waals surface area contributed by atoms with Crippen molar-refractivity contribution in [2.24, 2.45) is 0 Å². The van der Waals surface area contributed by atoms with E-state index in [-0.39, 0.29) is 5.91 Å². The second-order valence-electron chi connectivity index (χ2n) is 5.40. The summed E-state index contributed by atoms with van der Waals surface area (Å²) in [6, 6.07) is 14.5. The molecule has 0 fully saturated rings. The van der Waals surface area contributed by atoms with Gasteiger partial charge in [0.15, 0.2) is 5.82 Å². The number of nitrogens with one attached hydrogen (secondary N) is 3. The Morgan fingerprint density at radius 2 is 2.12 bits per heavy atom. The zero-order valence-electron chi connectivity index (χ0n) is 12.9. The van der Waals surface area contributed by atoms with Crippen molar-refractivity contribution < 1.29 is 4.79 Å². The van der Waals surface area contributed by atoms with Crippen LogP contribution in [0.25, 0.3) is 22.6 Å². The first-order valence-electron chi connectivity index (χ1n) is 7.54. The SMILES string of the molecule is N#Cc1c[nH]c(C(=O)Nc2ccc3nc(-c4ccccn4)[nH]c3c2)c1. The molecule has 0 atom stereocenters. The highest BCUT2D eigenvalue weighted by molar-refractivity contribution is 6.04. The number of carbonyl (C=O) groups excluding carboxylic acids is 1. The minimum Gasteiger partial charge on any atom is -0.356 e. The molecule has 1 aromatic carbocycles. The Morgan fingerprint density at radius 1 is 1.20 bits per heavy atom. The van der Waals surface area contributed by atoms with E-state index in [1.807, 2.05) is 30.3 Å². The number of imidazole rings is 1. The Bertz CT molecular complexity index is 1100. The number of aromatic amines is 2. The largest absolute Gasteiger partial charge is 0.356 e. The van der Waals surface area contributed by atoms with Gasteiger partial charge in [-0.2, -0.15) is 5.26 Å². The molecule has 0 aliphatic rings. The van der Waals surface area contributed by atoms with Crippen LogP contribution in [0.2, 0.25) is 0 Å². The van der Waals surface area contributed by atoms with E-state index in [4.69, 9.17) is 5.26 Å². The third-order valence-corrected chi connectivity index (χ3v) is 3.70.